The summed E-state index contributed by atoms with van der Waals surface area (Å²) < 4.78 is 13.5. The lowest BCUT2D eigenvalue weighted by molar-refractivity contribution is 0.0637. The van der Waals surface area contributed by atoms with Crippen molar-refractivity contribution in [2.24, 2.45) is 0 Å². The SMILES string of the molecule is Cc1ccc(C(=O)N(CCO)C2CCCC2)cc1F. The van der Waals surface area contributed by atoms with E-state index in [9.17, 15) is 9.18 Å². The van der Waals surface area contributed by atoms with Crippen molar-refractivity contribution < 1.29 is 14.3 Å². The average Bonchev–Trinajstić information content (AvgIpc) is 2.92. The van der Waals surface area contributed by atoms with E-state index in [1.54, 1.807) is 24.0 Å². The second kappa shape index (κ2) is 6.15. The number of aryl methyl sites for hydroxylation is 1. The Morgan fingerprint density at radius 3 is 2.68 bits per heavy atom. The number of rotatable bonds is 4. The Labute approximate surface area is 113 Å². The van der Waals surface area contributed by atoms with Crippen LogP contribution < -0.4 is 0 Å². The van der Waals surface area contributed by atoms with Gasteiger partial charge in [0.2, 0.25) is 0 Å². The summed E-state index contributed by atoms with van der Waals surface area (Å²) in [5.41, 5.74) is 0.898. The molecule has 104 valence electrons. The summed E-state index contributed by atoms with van der Waals surface area (Å²) in [7, 11) is 0. The maximum atomic E-state index is 13.5. The van der Waals surface area contributed by atoms with E-state index in [2.05, 4.69) is 0 Å². The van der Waals surface area contributed by atoms with Crippen molar-refractivity contribution in [3.05, 3.63) is 35.1 Å². The second-order valence-electron chi connectivity index (χ2n) is 5.12. The summed E-state index contributed by atoms with van der Waals surface area (Å²) in [6, 6.07) is 4.75. The van der Waals surface area contributed by atoms with Crippen molar-refractivity contribution >= 4 is 5.91 Å². The van der Waals surface area contributed by atoms with E-state index in [1.807, 2.05) is 0 Å². The van der Waals surface area contributed by atoms with Crippen LogP contribution in [0.2, 0.25) is 0 Å². The largest absolute Gasteiger partial charge is 0.395 e. The molecule has 1 aromatic carbocycles. The van der Waals surface area contributed by atoms with Crippen molar-refractivity contribution in [2.75, 3.05) is 13.2 Å². The minimum absolute atomic E-state index is 0.0589. The van der Waals surface area contributed by atoms with Crippen LogP contribution in [0.25, 0.3) is 0 Å². The summed E-state index contributed by atoms with van der Waals surface area (Å²) >= 11 is 0. The number of carbonyl (C=O) groups is 1. The lowest BCUT2D eigenvalue weighted by Crippen LogP contribution is -2.40. The predicted octanol–water partition coefficient (Wildman–Crippen LogP) is 2.51. The predicted molar refractivity (Wildman–Crippen MR) is 71.5 cm³/mol. The number of nitrogens with zero attached hydrogens (tertiary/aromatic N) is 1. The van der Waals surface area contributed by atoms with Gasteiger partial charge in [-0.15, -0.1) is 0 Å². The van der Waals surface area contributed by atoms with Crippen LogP contribution in [0.5, 0.6) is 0 Å². The Bertz CT molecular complexity index is 455. The second-order valence-corrected chi connectivity index (χ2v) is 5.12. The van der Waals surface area contributed by atoms with Gasteiger partial charge in [0, 0.05) is 18.2 Å². The van der Waals surface area contributed by atoms with Crippen LogP contribution in [0.15, 0.2) is 18.2 Å². The van der Waals surface area contributed by atoms with E-state index in [0.717, 1.165) is 25.7 Å². The number of aliphatic hydroxyl groups is 1. The topological polar surface area (TPSA) is 40.5 Å². The molecule has 0 atom stereocenters. The zero-order chi connectivity index (χ0) is 13.8. The molecule has 1 aromatic rings. The zero-order valence-corrected chi connectivity index (χ0v) is 11.2. The molecule has 1 aliphatic rings. The molecule has 2 rings (SSSR count). The number of halogens is 1. The number of aliphatic hydroxyl groups excluding tert-OH is 1. The lowest BCUT2D eigenvalue weighted by Gasteiger charge is -2.28. The Morgan fingerprint density at radius 2 is 2.11 bits per heavy atom. The number of hydrogen-bond acceptors (Lipinski definition) is 2. The van der Waals surface area contributed by atoms with Gasteiger partial charge in [0.15, 0.2) is 0 Å². The van der Waals surface area contributed by atoms with Gasteiger partial charge in [-0.1, -0.05) is 18.9 Å². The maximum absolute atomic E-state index is 13.5. The molecule has 1 amide bonds. The van der Waals surface area contributed by atoms with Crippen LogP contribution in [-0.4, -0.2) is 35.1 Å². The summed E-state index contributed by atoms with van der Waals surface area (Å²) in [5, 5.41) is 9.12. The number of hydrogen-bond donors (Lipinski definition) is 1. The smallest absolute Gasteiger partial charge is 0.254 e. The molecule has 0 unspecified atom stereocenters. The van der Waals surface area contributed by atoms with Crippen molar-refractivity contribution in [3.8, 4) is 0 Å². The first-order chi connectivity index (χ1) is 9.13. The summed E-state index contributed by atoms with van der Waals surface area (Å²) in [5.74, 6) is -0.541. The Morgan fingerprint density at radius 1 is 1.42 bits per heavy atom. The number of amides is 1. The highest BCUT2D eigenvalue weighted by Crippen LogP contribution is 2.25. The molecule has 0 radical (unpaired) electrons. The summed E-state index contributed by atoms with van der Waals surface area (Å²) in [4.78, 5) is 14.1. The van der Waals surface area contributed by atoms with E-state index >= 15 is 0 Å². The van der Waals surface area contributed by atoms with Crippen LogP contribution in [0.4, 0.5) is 4.39 Å². The van der Waals surface area contributed by atoms with Crippen LogP contribution in [0.3, 0.4) is 0 Å². The molecule has 3 nitrogen and oxygen atoms in total. The van der Waals surface area contributed by atoms with Gasteiger partial charge < -0.3 is 10.0 Å². The van der Waals surface area contributed by atoms with Gasteiger partial charge in [-0.3, -0.25) is 4.79 Å². The highest BCUT2D eigenvalue weighted by molar-refractivity contribution is 5.94. The van der Waals surface area contributed by atoms with Gasteiger partial charge in [0.1, 0.15) is 5.82 Å². The normalized spacial score (nSPS) is 15.7. The van der Waals surface area contributed by atoms with E-state index in [0.29, 0.717) is 17.7 Å². The molecular weight excluding hydrogens is 245 g/mol. The Hall–Kier alpha value is -1.42. The van der Waals surface area contributed by atoms with Crippen LogP contribution in [-0.2, 0) is 0 Å². The fraction of sp³-hybridized carbons (Fsp3) is 0.533. The monoisotopic (exact) mass is 265 g/mol. The zero-order valence-electron chi connectivity index (χ0n) is 11.2. The molecule has 19 heavy (non-hydrogen) atoms. The molecule has 0 spiro atoms. The van der Waals surface area contributed by atoms with Gasteiger partial charge in [0.25, 0.3) is 5.91 Å². The molecule has 1 saturated carbocycles. The number of benzene rings is 1. The van der Waals surface area contributed by atoms with E-state index < -0.39 is 0 Å². The molecule has 0 aromatic heterocycles. The third-order valence-electron chi connectivity index (χ3n) is 3.79. The van der Waals surface area contributed by atoms with Crippen LogP contribution in [0, 0.1) is 12.7 Å². The first-order valence-electron chi connectivity index (χ1n) is 6.81. The maximum Gasteiger partial charge on any atom is 0.254 e. The minimum Gasteiger partial charge on any atom is -0.395 e. The summed E-state index contributed by atoms with van der Waals surface area (Å²) in [6.45, 7) is 1.93. The first-order valence-corrected chi connectivity index (χ1v) is 6.81. The Kier molecular flexibility index (Phi) is 4.53. The molecule has 4 heteroatoms. The van der Waals surface area contributed by atoms with Gasteiger partial charge in [-0.05, 0) is 37.5 Å². The molecule has 1 fully saturated rings. The summed E-state index contributed by atoms with van der Waals surface area (Å²) in [6.07, 6.45) is 4.17. The van der Waals surface area contributed by atoms with Crippen LogP contribution in [0.1, 0.15) is 41.6 Å². The molecule has 0 aliphatic heterocycles. The van der Waals surface area contributed by atoms with E-state index in [4.69, 9.17) is 5.11 Å². The Balaban J connectivity index is 2.20. The minimum atomic E-state index is -0.360. The van der Waals surface area contributed by atoms with Gasteiger partial charge in [-0.2, -0.15) is 0 Å². The van der Waals surface area contributed by atoms with Gasteiger partial charge in [-0.25, -0.2) is 4.39 Å². The van der Waals surface area contributed by atoms with Gasteiger partial charge >= 0.3 is 0 Å². The lowest BCUT2D eigenvalue weighted by atomic mass is 10.1. The van der Waals surface area contributed by atoms with E-state index in [1.165, 1.54) is 6.07 Å². The van der Waals surface area contributed by atoms with Crippen molar-refractivity contribution in [1.29, 1.82) is 0 Å². The van der Waals surface area contributed by atoms with Gasteiger partial charge in [0.05, 0.1) is 6.61 Å². The highest BCUT2D eigenvalue weighted by Gasteiger charge is 2.27. The molecule has 0 bridgehead atoms. The third kappa shape index (κ3) is 3.13. The highest BCUT2D eigenvalue weighted by atomic mass is 19.1. The number of carbonyl (C=O) groups excluding carboxylic acids is 1. The first kappa shape index (κ1) is 14.0. The van der Waals surface area contributed by atoms with Crippen LogP contribution >= 0.6 is 0 Å². The molecule has 0 heterocycles. The molecule has 1 N–H and O–H groups in total. The average molecular weight is 265 g/mol. The fourth-order valence-corrected chi connectivity index (χ4v) is 2.67. The molecule has 1 aliphatic carbocycles. The molecule has 0 saturated heterocycles. The van der Waals surface area contributed by atoms with Crippen molar-refractivity contribution in [3.63, 3.8) is 0 Å². The van der Waals surface area contributed by atoms with Crippen molar-refractivity contribution in [2.45, 2.75) is 38.6 Å². The third-order valence-corrected chi connectivity index (χ3v) is 3.79. The quantitative estimate of drug-likeness (QED) is 0.908. The van der Waals surface area contributed by atoms with Crippen molar-refractivity contribution in [1.82, 2.24) is 4.90 Å². The molecular formula is C15H20FNO2. The standard InChI is InChI=1S/C15H20FNO2/c1-11-6-7-12(10-14(11)16)15(19)17(8-9-18)13-4-2-3-5-13/h6-7,10,13,18H,2-5,8-9H2,1H3. The van der Waals surface area contributed by atoms with E-state index in [-0.39, 0.29) is 24.4 Å². The fourth-order valence-electron chi connectivity index (χ4n) is 2.67.